The second-order valence-electron chi connectivity index (χ2n) is 5.15. The van der Waals surface area contributed by atoms with Crippen LogP contribution in [0.4, 0.5) is 5.13 Å². The monoisotopic (exact) mass is 354 g/mol. The molecule has 0 saturated heterocycles. The number of nitrogens with one attached hydrogen (secondary N) is 1. The van der Waals surface area contributed by atoms with Crippen LogP contribution >= 0.6 is 11.3 Å². The zero-order valence-corrected chi connectivity index (χ0v) is 14.8. The van der Waals surface area contributed by atoms with Crippen LogP contribution in [-0.2, 0) is 4.79 Å². The van der Waals surface area contributed by atoms with Crippen molar-refractivity contribution < 1.29 is 14.3 Å². The fourth-order valence-electron chi connectivity index (χ4n) is 2.30. The Hall–Kier alpha value is -2.86. The molecule has 0 unspecified atom stereocenters. The summed E-state index contributed by atoms with van der Waals surface area (Å²) < 4.78 is 11.7. The molecule has 0 atom stereocenters. The summed E-state index contributed by atoms with van der Waals surface area (Å²) in [7, 11) is 1.62. The van der Waals surface area contributed by atoms with Crippen molar-refractivity contribution in [3.05, 3.63) is 54.1 Å². The third kappa shape index (κ3) is 4.16. The number of ether oxygens (including phenoxy) is 2. The molecule has 0 fully saturated rings. The van der Waals surface area contributed by atoms with Gasteiger partial charge in [0.2, 0.25) is 5.91 Å². The Kier molecular flexibility index (Phi) is 5.30. The summed E-state index contributed by atoms with van der Waals surface area (Å²) >= 11 is 1.41. The fraction of sp³-hybridized carbons (Fsp3) is 0.158. The number of hydrogen-bond acceptors (Lipinski definition) is 5. The van der Waals surface area contributed by atoms with E-state index in [1.54, 1.807) is 13.2 Å². The highest BCUT2D eigenvalue weighted by Gasteiger charge is 2.07. The minimum atomic E-state index is -0.239. The number of benzene rings is 2. The molecule has 6 heteroatoms. The second-order valence-corrected chi connectivity index (χ2v) is 6.18. The van der Waals surface area contributed by atoms with Crippen molar-refractivity contribution >= 4 is 38.7 Å². The Morgan fingerprint density at radius 3 is 2.92 bits per heavy atom. The number of hydrogen-bond donors (Lipinski definition) is 1. The first-order chi connectivity index (χ1) is 12.2. The molecule has 3 rings (SSSR count). The summed E-state index contributed by atoms with van der Waals surface area (Å²) in [6.45, 7) is 2.50. The maximum Gasteiger partial charge on any atom is 0.250 e. The first kappa shape index (κ1) is 17.0. The van der Waals surface area contributed by atoms with Gasteiger partial charge in [-0.05, 0) is 37.3 Å². The summed E-state index contributed by atoms with van der Waals surface area (Å²) in [5.74, 6) is 1.28. The molecule has 128 valence electrons. The van der Waals surface area contributed by atoms with Gasteiger partial charge in [-0.2, -0.15) is 0 Å². The van der Waals surface area contributed by atoms with Crippen LogP contribution in [-0.4, -0.2) is 24.6 Å². The highest BCUT2D eigenvalue weighted by Crippen LogP contribution is 2.29. The summed E-state index contributed by atoms with van der Waals surface area (Å²) in [6.07, 6.45) is 3.21. The van der Waals surface area contributed by atoms with Gasteiger partial charge in [-0.15, -0.1) is 0 Å². The highest BCUT2D eigenvalue weighted by molar-refractivity contribution is 7.22. The molecule has 3 aromatic rings. The van der Waals surface area contributed by atoms with E-state index in [1.807, 2.05) is 49.4 Å². The predicted octanol–water partition coefficient (Wildman–Crippen LogP) is 4.36. The number of carbonyl (C=O) groups excluding carboxylic acids is 1. The topological polar surface area (TPSA) is 60.5 Å². The molecule has 0 spiro atoms. The van der Waals surface area contributed by atoms with Gasteiger partial charge >= 0.3 is 0 Å². The number of aromatic nitrogens is 1. The third-order valence-corrected chi connectivity index (χ3v) is 4.39. The fourth-order valence-corrected chi connectivity index (χ4v) is 3.20. The minimum absolute atomic E-state index is 0.239. The average Bonchev–Trinajstić information content (AvgIpc) is 3.02. The van der Waals surface area contributed by atoms with Gasteiger partial charge in [-0.25, -0.2) is 4.98 Å². The van der Waals surface area contributed by atoms with Crippen LogP contribution in [0.2, 0.25) is 0 Å². The minimum Gasteiger partial charge on any atom is -0.497 e. The standard InChI is InChI=1S/C19H18N2O3S/c1-3-24-16-7-5-4-6-13(16)8-11-18(22)21-19-20-15-10-9-14(23-2)12-17(15)25-19/h4-12H,3H2,1-2H3,(H,20,21,22)/b11-8+. The van der Waals surface area contributed by atoms with Crippen molar-refractivity contribution in [1.29, 1.82) is 0 Å². The molecule has 0 saturated carbocycles. The number of rotatable bonds is 6. The molecule has 1 amide bonds. The van der Waals surface area contributed by atoms with Crippen molar-refractivity contribution in [3.8, 4) is 11.5 Å². The molecular weight excluding hydrogens is 336 g/mol. The number of carbonyl (C=O) groups is 1. The van der Waals surface area contributed by atoms with E-state index in [2.05, 4.69) is 10.3 Å². The summed E-state index contributed by atoms with van der Waals surface area (Å²) in [6, 6.07) is 13.2. The lowest BCUT2D eigenvalue weighted by Crippen LogP contribution is -2.07. The Bertz CT molecular complexity index is 918. The van der Waals surface area contributed by atoms with E-state index in [9.17, 15) is 4.79 Å². The van der Waals surface area contributed by atoms with Gasteiger partial charge in [-0.3, -0.25) is 10.1 Å². The number of nitrogens with zero attached hydrogens (tertiary/aromatic N) is 1. The molecule has 0 aliphatic carbocycles. The van der Waals surface area contributed by atoms with Gasteiger partial charge < -0.3 is 9.47 Å². The lowest BCUT2D eigenvalue weighted by molar-refractivity contribution is -0.111. The molecule has 25 heavy (non-hydrogen) atoms. The van der Waals surface area contributed by atoms with Crippen LogP contribution in [0.5, 0.6) is 11.5 Å². The number of methoxy groups -OCH3 is 1. The Morgan fingerprint density at radius 2 is 2.12 bits per heavy atom. The predicted molar refractivity (Wildman–Crippen MR) is 101 cm³/mol. The number of amides is 1. The van der Waals surface area contributed by atoms with Crippen LogP contribution < -0.4 is 14.8 Å². The van der Waals surface area contributed by atoms with Crippen molar-refractivity contribution in [3.63, 3.8) is 0 Å². The first-order valence-electron chi connectivity index (χ1n) is 7.85. The van der Waals surface area contributed by atoms with Gasteiger partial charge in [0, 0.05) is 11.6 Å². The van der Waals surface area contributed by atoms with Crippen LogP contribution in [0.15, 0.2) is 48.5 Å². The van der Waals surface area contributed by atoms with Crippen molar-refractivity contribution in [2.75, 3.05) is 19.0 Å². The molecule has 1 N–H and O–H groups in total. The largest absolute Gasteiger partial charge is 0.497 e. The summed E-state index contributed by atoms with van der Waals surface area (Å²) in [4.78, 5) is 16.6. The summed E-state index contributed by atoms with van der Waals surface area (Å²) in [5, 5.41) is 3.34. The first-order valence-corrected chi connectivity index (χ1v) is 8.66. The van der Waals surface area contributed by atoms with Crippen LogP contribution in [0.3, 0.4) is 0 Å². The molecule has 5 nitrogen and oxygen atoms in total. The molecular formula is C19H18N2O3S. The summed E-state index contributed by atoms with van der Waals surface area (Å²) in [5.41, 5.74) is 1.68. The highest BCUT2D eigenvalue weighted by atomic mass is 32.1. The number of thiazole rings is 1. The SMILES string of the molecule is CCOc1ccccc1/C=C/C(=O)Nc1nc2ccc(OC)cc2s1. The van der Waals surface area contributed by atoms with E-state index < -0.39 is 0 Å². The third-order valence-electron chi connectivity index (χ3n) is 3.46. The molecule has 1 heterocycles. The number of fused-ring (bicyclic) bond motifs is 1. The van der Waals surface area contributed by atoms with Gasteiger partial charge in [0.1, 0.15) is 11.5 Å². The lowest BCUT2D eigenvalue weighted by atomic mass is 10.2. The van der Waals surface area contributed by atoms with E-state index in [-0.39, 0.29) is 5.91 Å². The molecule has 0 bridgehead atoms. The van der Waals surface area contributed by atoms with E-state index in [0.717, 1.165) is 27.3 Å². The lowest BCUT2D eigenvalue weighted by Gasteiger charge is -2.06. The zero-order chi connectivity index (χ0) is 17.6. The molecule has 1 aromatic heterocycles. The molecule has 0 aliphatic rings. The van der Waals surface area contributed by atoms with E-state index in [4.69, 9.17) is 9.47 Å². The Balaban J connectivity index is 1.72. The molecule has 0 radical (unpaired) electrons. The molecule has 0 aliphatic heterocycles. The van der Waals surface area contributed by atoms with Gasteiger partial charge in [-0.1, -0.05) is 29.5 Å². The van der Waals surface area contributed by atoms with E-state index >= 15 is 0 Å². The second kappa shape index (κ2) is 7.81. The van der Waals surface area contributed by atoms with Gasteiger partial charge in [0.25, 0.3) is 0 Å². The van der Waals surface area contributed by atoms with Gasteiger partial charge in [0.15, 0.2) is 5.13 Å². The molecule has 2 aromatic carbocycles. The average molecular weight is 354 g/mol. The Labute approximate surface area is 149 Å². The Morgan fingerprint density at radius 1 is 1.28 bits per heavy atom. The van der Waals surface area contributed by atoms with Crippen molar-refractivity contribution in [2.24, 2.45) is 0 Å². The number of para-hydroxylation sites is 1. The van der Waals surface area contributed by atoms with Crippen molar-refractivity contribution in [2.45, 2.75) is 6.92 Å². The van der Waals surface area contributed by atoms with E-state index in [0.29, 0.717) is 11.7 Å². The van der Waals surface area contributed by atoms with Crippen LogP contribution in [0.25, 0.3) is 16.3 Å². The quantitative estimate of drug-likeness (QED) is 0.668. The van der Waals surface area contributed by atoms with Crippen molar-refractivity contribution in [1.82, 2.24) is 4.98 Å². The van der Waals surface area contributed by atoms with Crippen LogP contribution in [0.1, 0.15) is 12.5 Å². The van der Waals surface area contributed by atoms with Gasteiger partial charge in [0.05, 0.1) is 23.9 Å². The maximum atomic E-state index is 12.2. The maximum absolute atomic E-state index is 12.2. The number of anilines is 1. The smallest absolute Gasteiger partial charge is 0.250 e. The van der Waals surface area contributed by atoms with E-state index in [1.165, 1.54) is 17.4 Å². The normalized spacial score (nSPS) is 11.0. The zero-order valence-electron chi connectivity index (χ0n) is 14.0. The van der Waals surface area contributed by atoms with Crippen LogP contribution in [0, 0.1) is 0 Å².